The summed E-state index contributed by atoms with van der Waals surface area (Å²) in [6.07, 6.45) is 0. The van der Waals surface area contributed by atoms with Crippen LogP contribution in [-0.2, 0) is 4.74 Å². The van der Waals surface area contributed by atoms with E-state index in [9.17, 15) is 0 Å². The van der Waals surface area contributed by atoms with Crippen LogP contribution in [0.1, 0.15) is 0 Å². The van der Waals surface area contributed by atoms with Crippen LogP contribution in [0.3, 0.4) is 0 Å². The van der Waals surface area contributed by atoms with Gasteiger partial charge in [0.15, 0.2) is 0 Å². The molecule has 58 valence electrons. The standard InChI is InChI=1S/C7H12ClNO/c8-1-2-9-3-7(4-9)5-10-6-7/h1-6H2. The summed E-state index contributed by atoms with van der Waals surface area (Å²) in [5.41, 5.74) is 0.562. The Morgan fingerprint density at radius 1 is 1.40 bits per heavy atom. The summed E-state index contributed by atoms with van der Waals surface area (Å²) in [5, 5.41) is 0. The summed E-state index contributed by atoms with van der Waals surface area (Å²) < 4.78 is 5.15. The minimum atomic E-state index is 0.562. The van der Waals surface area contributed by atoms with E-state index in [2.05, 4.69) is 4.90 Å². The monoisotopic (exact) mass is 161 g/mol. The fraction of sp³-hybridized carbons (Fsp3) is 1.00. The molecule has 0 aromatic rings. The molecule has 0 aromatic heterocycles. The molecule has 0 N–H and O–H groups in total. The van der Waals surface area contributed by atoms with Crippen molar-refractivity contribution < 1.29 is 4.74 Å². The zero-order valence-corrected chi connectivity index (χ0v) is 6.73. The van der Waals surface area contributed by atoms with E-state index in [0.717, 1.165) is 25.6 Å². The first kappa shape index (κ1) is 6.89. The van der Waals surface area contributed by atoms with Gasteiger partial charge in [0.2, 0.25) is 0 Å². The maximum atomic E-state index is 5.59. The van der Waals surface area contributed by atoms with Gasteiger partial charge < -0.3 is 9.64 Å². The van der Waals surface area contributed by atoms with Crippen LogP contribution >= 0.6 is 11.6 Å². The van der Waals surface area contributed by atoms with Gasteiger partial charge in [0.1, 0.15) is 0 Å². The van der Waals surface area contributed by atoms with Gasteiger partial charge in [0.05, 0.1) is 13.2 Å². The van der Waals surface area contributed by atoms with Crippen molar-refractivity contribution >= 4 is 11.6 Å². The molecule has 3 heteroatoms. The van der Waals surface area contributed by atoms with Crippen molar-refractivity contribution in [3.63, 3.8) is 0 Å². The summed E-state index contributed by atoms with van der Waals surface area (Å²) >= 11 is 5.59. The highest BCUT2D eigenvalue weighted by Crippen LogP contribution is 2.36. The molecule has 0 aliphatic carbocycles. The number of hydrogen-bond acceptors (Lipinski definition) is 2. The largest absolute Gasteiger partial charge is 0.380 e. The molecule has 0 saturated carbocycles. The normalized spacial score (nSPS) is 29.7. The highest BCUT2D eigenvalue weighted by molar-refractivity contribution is 6.18. The Kier molecular flexibility index (Phi) is 1.63. The first-order valence-electron chi connectivity index (χ1n) is 3.71. The molecule has 0 aromatic carbocycles. The van der Waals surface area contributed by atoms with Crippen molar-refractivity contribution in [2.75, 3.05) is 38.7 Å². The molecule has 2 rings (SSSR count). The molecule has 2 saturated heterocycles. The van der Waals surface area contributed by atoms with Gasteiger partial charge in [-0.25, -0.2) is 0 Å². The van der Waals surface area contributed by atoms with Crippen LogP contribution in [0.5, 0.6) is 0 Å². The van der Waals surface area contributed by atoms with E-state index in [1.54, 1.807) is 0 Å². The fourth-order valence-electron chi connectivity index (χ4n) is 1.75. The SMILES string of the molecule is ClCCN1CC2(COC2)C1. The molecule has 2 aliphatic heterocycles. The summed E-state index contributed by atoms with van der Waals surface area (Å²) in [5.74, 6) is 0.761. The van der Waals surface area contributed by atoms with E-state index in [1.165, 1.54) is 13.1 Å². The van der Waals surface area contributed by atoms with E-state index in [1.807, 2.05) is 0 Å². The number of hydrogen-bond donors (Lipinski definition) is 0. The average Bonchev–Trinajstić information content (AvgIpc) is 1.72. The molecule has 0 bridgehead atoms. The van der Waals surface area contributed by atoms with Gasteiger partial charge in [-0.05, 0) is 0 Å². The second-order valence-corrected chi connectivity index (χ2v) is 3.77. The fourth-order valence-corrected chi connectivity index (χ4v) is 1.99. The number of rotatable bonds is 2. The van der Waals surface area contributed by atoms with E-state index in [0.29, 0.717) is 5.41 Å². The first-order chi connectivity index (χ1) is 4.85. The lowest BCUT2D eigenvalue weighted by molar-refractivity contribution is -0.187. The van der Waals surface area contributed by atoms with Crippen molar-refractivity contribution in [2.45, 2.75) is 0 Å². The highest BCUT2D eigenvalue weighted by Gasteiger charge is 2.48. The van der Waals surface area contributed by atoms with Gasteiger partial charge in [-0.1, -0.05) is 0 Å². The molecule has 0 atom stereocenters. The third-order valence-corrected chi connectivity index (χ3v) is 2.50. The molecule has 0 unspecified atom stereocenters. The second-order valence-electron chi connectivity index (χ2n) is 3.39. The second kappa shape index (κ2) is 2.36. The zero-order chi connectivity index (χ0) is 7.03. The van der Waals surface area contributed by atoms with Gasteiger partial charge in [0, 0.05) is 30.9 Å². The molecular weight excluding hydrogens is 150 g/mol. The van der Waals surface area contributed by atoms with E-state index in [-0.39, 0.29) is 0 Å². The predicted octanol–water partition coefficient (Wildman–Crippen LogP) is 0.557. The molecule has 1 spiro atoms. The van der Waals surface area contributed by atoms with Crippen LogP contribution in [0.25, 0.3) is 0 Å². The summed E-state index contributed by atoms with van der Waals surface area (Å²) in [4.78, 5) is 2.38. The highest BCUT2D eigenvalue weighted by atomic mass is 35.5. The lowest BCUT2D eigenvalue weighted by Gasteiger charge is -2.55. The summed E-state index contributed by atoms with van der Waals surface area (Å²) in [6.45, 7) is 5.42. The third-order valence-electron chi connectivity index (χ3n) is 2.34. The lowest BCUT2D eigenvalue weighted by Crippen LogP contribution is -2.66. The molecular formula is C7H12ClNO. The molecule has 2 aliphatic rings. The van der Waals surface area contributed by atoms with Crippen molar-refractivity contribution in [1.82, 2.24) is 4.90 Å². The van der Waals surface area contributed by atoms with E-state index < -0.39 is 0 Å². The maximum absolute atomic E-state index is 5.59. The number of ether oxygens (including phenoxy) is 1. The Balaban J connectivity index is 1.72. The zero-order valence-electron chi connectivity index (χ0n) is 5.98. The topological polar surface area (TPSA) is 12.5 Å². The van der Waals surface area contributed by atoms with Crippen molar-refractivity contribution in [1.29, 1.82) is 0 Å². The maximum Gasteiger partial charge on any atom is 0.0569 e. The van der Waals surface area contributed by atoms with Crippen LogP contribution in [0.2, 0.25) is 0 Å². The van der Waals surface area contributed by atoms with Crippen LogP contribution in [0, 0.1) is 5.41 Å². The Morgan fingerprint density at radius 2 is 2.10 bits per heavy atom. The average molecular weight is 162 g/mol. The summed E-state index contributed by atoms with van der Waals surface area (Å²) in [7, 11) is 0. The van der Waals surface area contributed by atoms with Gasteiger partial charge >= 0.3 is 0 Å². The quantitative estimate of drug-likeness (QED) is 0.549. The Morgan fingerprint density at radius 3 is 2.50 bits per heavy atom. The Labute approximate surface area is 66.1 Å². The Bertz CT molecular complexity index is 128. The number of alkyl halides is 1. The molecule has 2 nitrogen and oxygen atoms in total. The lowest BCUT2D eigenvalue weighted by atomic mass is 9.78. The van der Waals surface area contributed by atoms with Gasteiger partial charge in [0.25, 0.3) is 0 Å². The molecule has 10 heavy (non-hydrogen) atoms. The van der Waals surface area contributed by atoms with Gasteiger partial charge in [-0.2, -0.15) is 0 Å². The molecule has 2 fully saturated rings. The Hall–Kier alpha value is 0.210. The predicted molar refractivity (Wildman–Crippen MR) is 40.4 cm³/mol. The van der Waals surface area contributed by atoms with Gasteiger partial charge in [-0.15, -0.1) is 11.6 Å². The number of halogens is 1. The van der Waals surface area contributed by atoms with Crippen LogP contribution in [-0.4, -0.2) is 43.6 Å². The van der Waals surface area contributed by atoms with E-state index >= 15 is 0 Å². The number of nitrogens with zero attached hydrogens (tertiary/aromatic N) is 1. The smallest absolute Gasteiger partial charge is 0.0569 e. The van der Waals surface area contributed by atoms with Crippen LogP contribution in [0.15, 0.2) is 0 Å². The van der Waals surface area contributed by atoms with Gasteiger partial charge in [-0.3, -0.25) is 0 Å². The van der Waals surface area contributed by atoms with Crippen molar-refractivity contribution in [3.8, 4) is 0 Å². The van der Waals surface area contributed by atoms with E-state index in [4.69, 9.17) is 16.3 Å². The van der Waals surface area contributed by atoms with Crippen LogP contribution < -0.4 is 0 Å². The minimum Gasteiger partial charge on any atom is -0.380 e. The summed E-state index contributed by atoms with van der Waals surface area (Å²) in [6, 6.07) is 0. The first-order valence-corrected chi connectivity index (χ1v) is 4.24. The number of likely N-dealkylation sites (tertiary alicyclic amines) is 1. The molecule has 0 amide bonds. The third kappa shape index (κ3) is 0.949. The van der Waals surface area contributed by atoms with Crippen molar-refractivity contribution in [3.05, 3.63) is 0 Å². The van der Waals surface area contributed by atoms with Crippen molar-refractivity contribution in [2.24, 2.45) is 5.41 Å². The minimum absolute atomic E-state index is 0.562. The molecule has 2 heterocycles. The molecule has 0 radical (unpaired) electrons. The van der Waals surface area contributed by atoms with Crippen LogP contribution in [0.4, 0.5) is 0 Å².